The Morgan fingerprint density at radius 2 is 2.06 bits per heavy atom. The maximum Gasteiger partial charge on any atom is 0.226 e. The van der Waals surface area contributed by atoms with Crippen LogP contribution in [-0.4, -0.2) is 33.3 Å². The number of nitrogens with one attached hydrogen (secondary N) is 1. The number of hydrogen-bond acceptors (Lipinski definition) is 5. The van der Waals surface area contributed by atoms with Crippen LogP contribution < -0.4 is 10.1 Å². The fourth-order valence-electron chi connectivity index (χ4n) is 1.64. The lowest BCUT2D eigenvalue weighted by molar-refractivity contribution is 0.201. The molecule has 0 bridgehead atoms. The van der Waals surface area contributed by atoms with Crippen LogP contribution in [0.15, 0.2) is 12.3 Å². The maximum atomic E-state index is 9.50. The van der Waals surface area contributed by atoms with E-state index in [1.165, 1.54) is 0 Å². The highest BCUT2D eigenvalue weighted by atomic mass is 16.5. The molecule has 0 atom stereocenters. The van der Waals surface area contributed by atoms with E-state index in [4.69, 9.17) is 4.74 Å². The van der Waals surface area contributed by atoms with Gasteiger partial charge in [0.2, 0.25) is 11.8 Å². The highest BCUT2D eigenvalue weighted by Gasteiger charge is 2.25. The smallest absolute Gasteiger partial charge is 0.226 e. The van der Waals surface area contributed by atoms with Gasteiger partial charge in [-0.3, -0.25) is 0 Å². The molecule has 1 aromatic rings. The van der Waals surface area contributed by atoms with Crippen LogP contribution in [0.3, 0.4) is 0 Å². The van der Waals surface area contributed by atoms with Crippen LogP contribution in [0.2, 0.25) is 0 Å². The van der Waals surface area contributed by atoms with Crippen molar-refractivity contribution in [3.63, 3.8) is 0 Å². The second-order valence-electron chi connectivity index (χ2n) is 4.66. The molecule has 1 aromatic heterocycles. The summed E-state index contributed by atoms with van der Waals surface area (Å²) in [5, 5.41) is 12.7. The first kappa shape index (κ1) is 14.7. The van der Waals surface area contributed by atoms with Crippen molar-refractivity contribution in [1.82, 2.24) is 9.97 Å². The fraction of sp³-hybridized carbons (Fsp3) is 0.692. The summed E-state index contributed by atoms with van der Waals surface area (Å²) < 4.78 is 5.52. The minimum atomic E-state index is -0.365. The summed E-state index contributed by atoms with van der Waals surface area (Å²) in [6, 6.07) is 1.73. The molecule has 0 spiro atoms. The topological polar surface area (TPSA) is 67.3 Å². The monoisotopic (exact) mass is 253 g/mol. The van der Waals surface area contributed by atoms with Gasteiger partial charge in [-0.15, -0.1) is 0 Å². The third kappa shape index (κ3) is 3.84. The van der Waals surface area contributed by atoms with Crippen LogP contribution >= 0.6 is 0 Å². The van der Waals surface area contributed by atoms with Gasteiger partial charge in [0.1, 0.15) is 0 Å². The van der Waals surface area contributed by atoms with Crippen LogP contribution in [0.5, 0.6) is 5.88 Å². The Kier molecular flexibility index (Phi) is 5.34. The van der Waals surface area contributed by atoms with Gasteiger partial charge in [0.05, 0.1) is 18.2 Å². The van der Waals surface area contributed by atoms with Gasteiger partial charge in [0.25, 0.3) is 0 Å². The Hall–Kier alpha value is -1.36. The molecule has 2 N–H and O–H groups in total. The molecule has 0 saturated carbocycles. The van der Waals surface area contributed by atoms with E-state index >= 15 is 0 Å². The molecule has 0 aliphatic rings. The van der Waals surface area contributed by atoms with Gasteiger partial charge in [-0.25, -0.2) is 4.98 Å². The number of aromatic nitrogens is 2. The minimum Gasteiger partial charge on any atom is -0.475 e. The first-order valence-corrected chi connectivity index (χ1v) is 6.44. The molecule has 5 heteroatoms. The van der Waals surface area contributed by atoms with Crippen LogP contribution in [0, 0.1) is 0 Å². The zero-order valence-corrected chi connectivity index (χ0v) is 11.6. The SMILES string of the molecule is CCC(CC)(CO)Nc1nccc(OC(C)C)n1. The number of hydrogen-bond donors (Lipinski definition) is 2. The summed E-state index contributed by atoms with van der Waals surface area (Å²) in [6.45, 7) is 8.01. The number of anilines is 1. The number of aliphatic hydroxyl groups is 1. The standard InChI is InChI=1S/C13H23N3O2/c1-5-13(6-2,9-17)16-12-14-8-7-11(15-12)18-10(3)4/h7-8,10,17H,5-6,9H2,1-4H3,(H,14,15,16). The third-order valence-electron chi connectivity index (χ3n) is 3.02. The zero-order valence-electron chi connectivity index (χ0n) is 11.6. The molecular formula is C13H23N3O2. The van der Waals surface area contributed by atoms with Crippen LogP contribution in [0.1, 0.15) is 40.5 Å². The quantitative estimate of drug-likeness (QED) is 0.780. The van der Waals surface area contributed by atoms with E-state index in [0.29, 0.717) is 11.8 Å². The summed E-state index contributed by atoms with van der Waals surface area (Å²) in [5.74, 6) is 1.03. The van der Waals surface area contributed by atoms with Crippen molar-refractivity contribution in [2.24, 2.45) is 0 Å². The molecule has 0 amide bonds. The van der Waals surface area contributed by atoms with E-state index in [-0.39, 0.29) is 18.2 Å². The molecule has 18 heavy (non-hydrogen) atoms. The predicted octanol–water partition coefficient (Wildman–Crippen LogP) is 2.23. The van der Waals surface area contributed by atoms with Crippen molar-refractivity contribution in [1.29, 1.82) is 0 Å². The summed E-state index contributed by atoms with van der Waals surface area (Å²) in [7, 11) is 0. The lowest BCUT2D eigenvalue weighted by Crippen LogP contribution is -2.41. The Bertz CT molecular complexity index is 357. The van der Waals surface area contributed by atoms with Gasteiger partial charge in [-0.1, -0.05) is 13.8 Å². The van der Waals surface area contributed by atoms with E-state index in [9.17, 15) is 5.11 Å². The summed E-state index contributed by atoms with van der Waals surface area (Å²) >= 11 is 0. The van der Waals surface area contributed by atoms with Crippen molar-refractivity contribution in [2.75, 3.05) is 11.9 Å². The first-order chi connectivity index (χ1) is 8.55. The molecule has 102 valence electrons. The van der Waals surface area contributed by atoms with E-state index < -0.39 is 0 Å². The van der Waals surface area contributed by atoms with Crippen molar-refractivity contribution < 1.29 is 9.84 Å². The summed E-state index contributed by atoms with van der Waals surface area (Å²) in [5.41, 5.74) is -0.365. The molecule has 0 unspecified atom stereocenters. The van der Waals surface area contributed by atoms with Gasteiger partial charge in [-0.05, 0) is 26.7 Å². The Balaban J connectivity index is 2.83. The third-order valence-corrected chi connectivity index (χ3v) is 3.02. The predicted molar refractivity (Wildman–Crippen MR) is 71.8 cm³/mol. The van der Waals surface area contributed by atoms with Crippen LogP contribution in [0.4, 0.5) is 5.95 Å². The van der Waals surface area contributed by atoms with E-state index in [0.717, 1.165) is 12.8 Å². The highest BCUT2D eigenvalue weighted by Crippen LogP contribution is 2.20. The molecule has 0 aliphatic heterocycles. The average Bonchev–Trinajstić information content (AvgIpc) is 2.36. The summed E-state index contributed by atoms with van der Waals surface area (Å²) in [4.78, 5) is 8.45. The lowest BCUT2D eigenvalue weighted by atomic mass is 9.94. The van der Waals surface area contributed by atoms with Crippen molar-refractivity contribution >= 4 is 5.95 Å². The molecule has 1 rings (SSSR count). The van der Waals surface area contributed by atoms with Crippen LogP contribution in [-0.2, 0) is 0 Å². The highest BCUT2D eigenvalue weighted by molar-refractivity contribution is 5.31. The fourth-order valence-corrected chi connectivity index (χ4v) is 1.64. The van der Waals surface area contributed by atoms with Gasteiger partial charge in [0.15, 0.2) is 0 Å². The molecule has 0 aromatic carbocycles. The second-order valence-corrected chi connectivity index (χ2v) is 4.66. The largest absolute Gasteiger partial charge is 0.475 e. The number of nitrogens with zero attached hydrogens (tertiary/aromatic N) is 2. The molecule has 0 fully saturated rings. The van der Waals surface area contributed by atoms with E-state index in [1.54, 1.807) is 12.3 Å². The number of ether oxygens (including phenoxy) is 1. The van der Waals surface area contributed by atoms with Crippen molar-refractivity contribution in [2.45, 2.75) is 52.2 Å². The molecule has 1 heterocycles. The van der Waals surface area contributed by atoms with Gasteiger partial charge < -0.3 is 15.2 Å². The minimum absolute atomic E-state index is 0.0542. The van der Waals surface area contributed by atoms with E-state index in [2.05, 4.69) is 15.3 Å². The normalized spacial score (nSPS) is 11.7. The summed E-state index contributed by atoms with van der Waals surface area (Å²) in [6.07, 6.45) is 3.34. The van der Waals surface area contributed by atoms with Gasteiger partial charge in [0, 0.05) is 12.3 Å². The maximum absolute atomic E-state index is 9.50. The lowest BCUT2D eigenvalue weighted by Gasteiger charge is -2.30. The first-order valence-electron chi connectivity index (χ1n) is 6.44. The van der Waals surface area contributed by atoms with Crippen molar-refractivity contribution in [3.05, 3.63) is 12.3 Å². The molecule has 0 saturated heterocycles. The Morgan fingerprint density at radius 3 is 2.56 bits per heavy atom. The van der Waals surface area contributed by atoms with Crippen molar-refractivity contribution in [3.8, 4) is 5.88 Å². The van der Waals surface area contributed by atoms with E-state index in [1.807, 2.05) is 27.7 Å². The number of aliphatic hydroxyl groups excluding tert-OH is 1. The van der Waals surface area contributed by atoms with Gasteiger partial charge >= 0.3 is 0 Å². The Labute approximate surface area is 109 Å². The average molecular weight is 253 g/mol. The Morgan fingerprint density at radius 1 is 1.39 bits per heavy atom. The van der Waals surface area contributed by atoms with Crippen LogP contribution in [0.25, 0.3) is 0 Å². The molecular weight excluding hydrogens is 230 g/mol. The molecule has 0 aliphatic carbocycles. The zero-order chi connectivity index (χ0) is 13.6. The molecule has 5 nitrogen and oxygen atoms in total. The second kappa shape index (κ2) is 6.54. The molecule has 0 radical (unpaired) electrons. The van der Waals surface area contributed by atoms with Gasteiger partial charge in [-0.2, -0.15) is 4.98 Å². The number of rotatable bonds is 7.